The third kappa shape index (κ3) is 2.18. The fourth-order valence-corrected chi connectivity index (χ4v) is 1.65. The second-order valence-corrected chi connectivity index (χ2v) is 4.04. The van der Waals surface area contributed by atoms with Gasteiger partial charge in [0.1, 0.15) is 11.8 Å². The summed E-state index contributed by atoms with van der Waals surface area (Å²) in [4.78, 5) is 0. The lowest BCUT2D eigenvalue weighted by molar-refractivity contribution is 0.198. The van der Waals surface area contributed by atoms with Gasteiger partial charge in [-0.3, -0.25) is 0 Å². The molecular weight excluding hydrogens is 248 g/mol. The monoisotopic (exact) mass is 252 g/mol. The van der Waals surface area contributed by atoms with E-state index in [0.29, 0.717) is 5.17 Å². The molecule has 0 aliphatic carbocycles. The summed E-state index contributed by atoms with van der Waals surface area (Å²) in [5, 5.41) is 18.2. The number of hydrogen-bond donors (Lipinski definition) is 1. The lowest BCUT2D eigenvalue weighted by atomic mass is 10.1. The number of nitrogens with one attached hydrogen (secondary N) is 1. The van der Waals surface area contributed by atoms with Crippen LogP contribution in [0, 0.1) is 22.7 Å². The van der Waals surface area contributed by atoms with Crippen LogP contribution in [0.2, 0.25) is 0 Å². The first-order valence-electron chi connectivity index (χ1n) is 4.19. The van der Waals surface area contributed by atoms with E-state index in [1.807, 2.05) is 17.7 Å². The van der Waals surface area contributed by atoms with Gasteiger partial charge >= 0.3 is 10.4 Å². The topological polar surface area (TPSA) is 115 Å². The Kier molecular flexibility index (Phi) is 2.67. The minimum absolute atomic E-state index is 0.0669. The van der Waals surface area contributed by atoms with Gasteiger partial charge in [-0.25, -0.2) is 0 Å². The van der Waals surface area contributed by atoms with Gasteiger partial charge in [0, 0.05) is 0 Å². The molecule has 0 spiro atoms. The van der Waals surface area contributed by atoms with E-state index in [1.165, 1.54) is 18.2 Å². The van der Waals surface area contributed by atoms with Gasteiger partial charge < -0.3 is 0 Å². The largest absolute Gasteiger partial charge is 0.440 e. The molecule has 0 saturated carbocycles. The Morgan fingerprint density at radius 3 is 2.59 bits per heavy atom. The normalized spacial score (nSPS) is 17.4. The van der Waals surface area contributed by atoms with Crippen LogP contribution in [0.1, 0.15) is 11.1 Å². The van der Waals surface area contributed by atoms with Crippen LogP contribution in [-0.4, -0.2) is 8.42 Å². The Hall–Kier alpha value is -2.17. The number of benzene rings is 1. The number of hydrogen-bond acceptors (Lipinski definition) is 8. The summed E-state index contributed by atoms with van der Waals surface area (Å²) in [6.07, 6.45) is 0. The predicted molar refractivity (Wildman–Crippen MR) is 52.6 cm³/mol. The highest BCUT2D eigenvalue weighted by molar-refractivity contribution is 7.82. The first-order valence-corrected chi connectivity index (χ1v) is 5.52. The van der Waals surface area contributed by atoms with Gasteiger partial charge in [-0.05, 0) is 18.2 Å². The van der Waals surface area contributed by atoms with Gasteiger partial charge in [0.05, 0.1) is 17.2 Å². The molecule has 0 aromatic heterocycles. The van der Waals surface area contributed by atoms with Crippen molar-refractivity contribution in [2.75, 3.05) is 5.17 Å². The Bertz CT molecular complexity index is 642. The highest BCUT2D eigenvalue weighted by Crippen LogP contribution is 2.23. The van der Waals surface area contributed by atoms with Gasteiger partial charge in [0.2, 0.25) is 0 Å². The maximum absolute atomic E-state index is 10.9. The Morgan fingerprint density at radius 2 is 2.06 bits per heavy atom. The van der Waals surface area contributed by atoms with E-state index < -0.39 is 10.4 Å². The third-order valence-corrected chi connectivity index (χ3v) is 2.46. The molecule has 0 atom stereocenters. The molecule has 2 rings (SSSR count). The summed E-state index contributed by atoms with van der Waals surface area (Å²) in [5.41, 5.74) is 2.42. The molecule has 1 aliphatic rings. The molecule has 1 saturated heterocycles. The molecular formula is C8H4N4O4S. The van der Waals surface area contributed by atoms with Crippen molar-refractivity contribution in [3.8, 4) is 12.1 Å². The number of hydrazine groups is 1. The summed E-state index contributed by atoms with van der Waals surface area (Å²) < 4.78 is 30.2. The van der Waals surface area contributed by atoms with Gasteiger partial charge in [0.25, 0.3) is 0 Å². The molecule has 1 aromatic carbocycles. The summed E-state index contributed by atoms with van der Waals surface area (Å²) in [6, 6.07) is 7.73. The van der Waals surface area contributed by atoms with Crippen molar-refractivity contribution in [2.24, 2.45) is 0 Å². The summed E-state index contributed by atoms with van der Waals surface area (Å²) in [7, 11) is -4.14. The van der Waals surface area contributed by atoms with E-state index in [1.54, 1.807) is 0 Å². The SMILES string of the molecule is N#Cc1ccc(N2NOS(=O)(=O)O2)c(C#N)c1. The zero-order valence-corrected chi connectivity index (χ0v) is 8.93. The van der Waals surface area contributed by atoms with Crippen molar-refractivity contribution in [3.05, 3.63) is 29.3 Å². The van der Waals surface area contributed by atoms with Crippen molar-refractivity contribution in [1.29, 1.82) is 10.5 Å². The van der Waals surface area contributed by atoms with E-state index >= 15 is 0 Å². The molecule has 0 amide bonds. The van der Waals surface area contributed by atoms with Crippen LogP contribution in [0.25, 0.3) is 0 Å². The number of rotatable bonds is 1. The third-order valence-electron chi connectivity index (χ3n) is 1.85. The molecule has 17 heavy (non-hydrogen) atoms. The second kappa shape index (κ2) is 4.01. The summed E-state index contributed by atoms with van der Waals surface area (Å²) in [6.45, 7) is 0. The predicted octanol–water partition coefficient (Wildman–Crippen LogP) is -0.137. The van der Waals surface area contributed by atoms with E-state index in [2.05, 4.69) is 8.57 Å². The summed E-state index contributed by atoms with van der Waals surface area (Å²) in [5.74, 6) is 0. The molecule has 0 bridgehead atoms. The molecule has 1 fully saturated rings. The fraction of sp³-hybridized carbons (Fsp3) is 0. The molecule has 1 aliphatic heterocycles. The van der Waals surface area contributed by atoms with E-state index in [4.69, 9.17) is 10.5 Å². The van der Waals surface area contributed by atoms with Crippen LogP contribution < -0.4 is 10.8 Å². The highest BCUT2D eigenvalue weighted by atomic mass is 32.3. The molecule has 86 valence electrons. The zero-order chi connectivity index (χ0) is 12.5. The zero-order valence-electron chi connectivity index (χ0n) is 8.11. The second-order valence-electron chi connectivity index (χ2n) is 2.91. The van der Waals surface area contributed by atoms with Crippen molar-refractivity contribution < 1.29 is 17.0 Å². The minimum Gasteiger partial charge on any atom is -0.192 e. The van der Waals surface area contributed by atoms with Crippen LogP contribution in [0.3, 0.4) is 0 Å². The Labute approximate surface area is 96.4 Å². The lowest BCUT2D eigenvalue weighted by Crippen LogP contribution is -2.29. The van der Waals surface area contributed by atoms with Crippen LogP contribution in [0.15, 0.2) is 18.2 Å². The van der Waals surface area contributed by atoms with Crippen LogP contribution >= 0.6 is 0 Å². The molecule has 0 unspecified atom stereocenters. The highest BCUT2D eigenvalue weighted by Gasteiger charge is 2.30. The van der Waals surface area contributed by atoms with Crippen LogP contribution in [0.5, 0.6) is 0 Å². The number of nitriles is 2. The molecule has 1 N–H and O–H groups in total. The van der Waals surface area contributed by atoms with E-state index in [0.717, 1.165) is 0 Å². The van der Waals surface area contributed by atoms with Crippen LogP contribution in [0.4, 0.5) is 5.69 Å². The number of nitrogens with zero attached hydrogens (tertiary/aromatic N) is 3. The van der Waals surface area contributed by atoms with Gasteiger partial charge in [0.15, 0.2) is 0 Å². The molecule has 1 heterocycles. The maximum Gasteiger partial charge on any atom is 0.440 e. The first-order chi connectivity index (χ1) is 8.05. The van der Waals surface area contributed by atoms with Gasteiger partial charge in [-0.2, -0.15) is 18.9 Å². The van der Waals surface area contributed by atoms with Crippen LogP contribution in [-0.2, 0) is 19.0 Å². The smallest absolute Gasteiger partial charge is 0.192 e. The standard InChI is InChI=1S/C8H4N4O4S/c9-4-6-1-2-8(7(3-6)5-10)12-11-15-17(13,14)16-12/h1-3,11H. The maximum atomic E-state index is 10.9. The molecule has 0 radical (unpaired) electrons. The van der Waals surface area contributed by atoms with E-state index in [9.17, 15) is 8.42 Å². The van der Waals surface area contributed by atoms with Crippen molar-refractivity contribution in [2.45, 2.75) is 0 Å². The van der Waals surface area contributed by atoms with Gasteiger partial charge in [-0.15, -0.1) is 13.7 Å². The van der Waals surface area contributed by atoms with Crippen molar-refractivity contribution >= 4 is 16.1 Å². The lowest BCUT2D eigenvalue weighted by Gasteiger charge is -2.12. The van der Waals surface area contributed by atoms with Crippen molar-refractivity contribution in [3.63, 3.8) is 0 Å². The molecule has 9 heteroatoms. The average molecular weight is 252 g/mol. The Morgan fingerprint density at radius 1 is 1.29 bits per heavy atom. The number of anilines is 1. The quantitative estimate of drug-likeness (QED) is 0.734. The van der Waals surface area contributed by atoms with E-state index in [-0.39, 0.29) is 16.8 Å². The van der Waals surface area contributed by atoms with Gasteiger partial charge in [-0.1, -0.05) is 5.59 Å². The average Bonchev–Trinajstić information content (AvgIpc) is 2.68. The molecule has 8 nitrogen and oxygen atoms in total. The fourth-order valence-electron chi connectivity index (χ4n) is 1.16. The Balaban J connectivity index is 2.41. The summed E-state index contributed by atoms with van der Waals surface area (Å²) >= 11 is 0. The van der Waals surface area contributed by atoms with Crippen molar-refractivity contribution in [1.82, 2.24) is 5.59 Å². The first kappa shape index (κ1) is 11.3. The molecule has 1 aromatic rings. The minimum atomic E-state index is -4.14.